The van der Waals surface area contributed by atoms with Gasteiger partial charge in [0.25, 0.3) is 0 Å². The van der Waals surface area contributed by atoms with E-state index < -0.39 is 0 Å². The van der Waals surface area contributed by atoms with Crippen LogP contribution in [0.3, 0.4) is 0 Å². The van der Waals surface area contributed by atoms with Crippen LogP contribution in [-0.4, -0.2) is 37.5 Å². The summed E-state index contributed by atoms with van der Waals surface area (Å²) in [4.78, 5) is 15.6. The van der Waals surface area contributed by atoms with E-state index in [0.717, 1.165) is 42.9 Å². The van der Waals surface area contributed by atoms with Crippen molar-refractivity contribution >= 4 is 11.9 Å². The average Bonchev–Trinajstić information content (AvgIpc) is 3.32. The maximum Gasteiger partial charge on any atom is 0.216 e. The Morgan fingerprint density at radius 2 is 2.20 bits per heavy atom. The Labute approximate surface area is 149 Å². The number of hydrogen-bond acceptors (Lipinski definition) is 3. The van der Waals surface area contributed by atoms with E-state index in [2.05, 4.69) is 16.0 Å². The van der Waals surface area contributed by atoms with Crippen LogP contribution in [0.2, 0.25) is 0 Å². The van der Waals surface area contributed by atoms with Crippen molar-refractivity contribution < 1.29 is 9.21 Å². The summed E-state index contributed by atoms with van der Waals surface area (Å²) < 4.78 is 5.38. The van der Waals surface area contributed by atoms with E-state index in [1.165, 1.54) is 25.7 Å². The monoisotopic (exact) mass is 346 g/mol. The number of rotatable bonds is 8. The Bertz CT molecular complexity index is 570. The van der Waals surface area contributed by atoms with Gasteiger partial charge in [-0.3, -0.25) is 9.79 Å². The molecule has 25 heavy (non-hydrogen) atoms. The minimum absolute atomic E-state index is 0.0147. The lowest BCUT2D eigenvalue weighted by Gasteiger charge is -2.25. The zero-order chi connectivity index (χ0) is 17.5. The van der Waals surface area contributed by atoms with Gasteiger partial charge in [-0.2, -0.15) is 0 Å². The highest BCUT2D eigenvalue weighted by Gasteiger charge is 2.39. The van der Waals surface area contributed by atoms with Gasteiger partial charge in [-0.1, -0.05) is 6.42 Å². The lowest BCUT2D eigenvalue weighted by Crippen LogP contribution is -2.46. The molecule has 2 bridgehead atoms. The lowest BCUT2D eigenvalue weighted by molar-refractivity contribution is -0.118. The predicted octanol–water partition coefficient (Wildman–Crippen LogP) is 2.07. The third-order valence-corrected chi connectivity index (χ3v) is 5.28. The molecule has 6 heteroatoms. The van der Waals surface area contributed by atoms with Crippen LogP contribution < -0.4 is 16.0 Å². The van der Waals surface area contributed by atoms with Crippen molar-refractivity contribution in [1.29, 1.82) is 0 Å². The Morgan fingerprint density at radius 1 is 1.28 bits per heavy atom. The van der Waals surface area contributed by atoms with E-state index in [9.17, 15) is 4.79 Å². The molecule has 1 heterocycles. The Balaban J connectivity index is 1.46. The number of nitrogens with one attached hydrogen (secondary N) is 3. The highest BCUT2D eigenvalue weighted by Crippen LogP contribution is 2.44. The molecule has 2 saturated carbocycles. The number of carbonyl (C=O) groups is 1. The number of aliphatic imine (C=N–C) groups is 1. The molecule has 0 aliphatic heterocycles. The molecular formula is C19H30N4O2. The Hall–Kier alpha value is -1.98. The maximum atomic E-state index is 10.9. The van der Waals surface area contributed by atoms with Gasteiger partial charge in [0, 0.05) is 39.0 Å². The zero-order valence-corrected chi connectivity index (χ0v) is 15.1. The molecule has 1 aromatic rings. The van der Waals surface area contributed by atoms with Gasteiger partial charge in [0.05, 0.1) is 6.26 Å². The molecule has 3 N–H and O–H groups in total. The van der Waals surface area contributed by atoms with Gasteiger partial charge in [0.2, 0.25) is 5.91 Å². The second-order valence-electron chi connectivity index (χ2n) is 7.25. The van der Waals surface area contributed by atoms with Crippen molar-refractivity contribution in [3.8, 4) is 0 Å². The lowest BCUT2D eigenvalue weighted by atomic mass is 9.95. The van der Waals surface area contributed by atoms with Crippen LogP contribution in [0, 0.1) is 11.8 Å². The minimum Gasteiger partial charge on any atom is -0.469 e. The summed E-state index contributed by atoms with van der Waals surface area (Å²) in [6.07, 6.45) is 8.80. The van der Waals surface area contributed by atoms with Crippen LogP contribution in [0.25, 0.3) is 0 Å². The third kappa shape index (κ3) is 5.51. The maximum absolute atomic E-state index is 10.9. The average molecular weight is 346 g/mol. The van der Waals surface area contributed by atoms with Gasteiger partial charge < -0.3 is 20.4 Å². The highest BCUT2D eigenvalue weighted by molar-refractivity contribution is 5.80. The molecule has 3 unspecified atom stereocenters. The number of nitrogens with zero attached hydrogens (tertiary/aromatic N) is 1. The summed E-state index contributed by atoms with van der Waals surface area (Å²) >= 11 is 0. The standard InChI is InChI=1S/C19H30N4O2/c1-14(24)20-8-3-9-21-19(22-10-7-17-4-2-11-25-17)23-18-13-15-5-6-16(18)12-15/h2,4,11,15-16,18H,3,5-10,12-13H2,1H3,(H,20,24)(H2,21,22,23). The topological polar surface area (TPSA) is 78.7 Å². The summed E-state index contributed by atoms with van der Waals surface area (Å²) in [5.74, 6) is 3.61. The largest absolute Gasteiger partial charge is 0.469 e. The van der Waals surface area contributed by atoms with Gasteiger partial charge in [0.1, 0.15) is 5.76 Å². The van der Waals surface area contributed by atoms with Crippen molar-refractivity contribution in [1.82, 2.24) is 16.0 Å². The van der Waals surface area contributed by atoms with Crippen molar-refractivity contribution in [3.63, 3.8) is 0 Å². The second-order valence-corrected chi connectivity index (χ2v) is 7.25. The SMILES string of the molecule is CC(=O)NCCCN=C(NCCc1ccco1)NC1CC2CCC1C2. The van der Waals surface area contributed by atoms with Gasteiger partial charge in [0.15, 0.2) is 5.96 Å². The van der Waals surface area contributed by atoms with Crippen molar-refractivity contribution in [2.45, 2.75) is 51.5 Å². The molecule has 0 aromatic carbocycles. The second kappa shape index (κ2) is 8.92. The molecule has 3 rings (SSSR count). The molecule has 6 nitrogen and oxygen atoms in total. The van der Waals surface area contributed by atoms with Gasteiger partial charge in [-0.25, -0.2) is 0 Å². The summed E-state index contributed by atoms with van der Waals surface area (Å²) in [5, 5.41) is 9.90. The normalized spacial score (nSPS) is 25.2. The van der Waals surface area contributed by atoms with E-state index in [1.54, 1.807) is 13.2 Å². The molecule has 2 aliphatic rings. The first-order chi connectivity index (χ1) is 12.2. The number of furan rings is 1. The summed E-state index contributed by atoms with van der Waals surface area (Å²) in [5.41, 5.74) is 0. The van der Waals surface area contributed by atoms with E-state index in [-0.39, 0.29) is 5.91 Å². The predicted molar refractivity (Wildman–Crippen MR) is 98.4 cm³/mol. The van der Waals surface area contributed by atoms with Crippen LogP contribution in [0.5, 0.6) is 0 Å². The number of guanidine groups is 1. The molecule has 0 spiro atoms. The fraction of sp³-hybridized carbons (Fsp3) is 0.684. The first-order valence-electron chi connectivity index (χ1n) is 9.52. The van der Waals surface area contributed by atoms with Crippen LogP contribution in [0.15, 0.2) is 27.8 Å². The molecule has 0 radical (unpaired) electrons. The molecule has 138 valence electrons. The van der Waals surface area contributed by atoms with Crippen LogP contribution in [-0.2, 0) is 11.2 Å². The summed E-state index contributed by atoms with van der Waals surface area (Å²) in [7, 11) is 0. The number of carbonyl (C=O) groups excluding carboxylic acids is 1. The zero-order valence-electron chi connectivity index (χ0n) is 15.1. The van der Waals surface area contributed by atoms with Crippen molar-refractivity contribution in [2.24, 2.45) is 16.8 Å². The first kappa shape index (κ1) is 17.8. The molecule has 3 atom stereocenters. The third-order valence-electron chi connectivity index (χ3n) is 5.28. The fourth-order valence-corrected chi connectivity index (χ4v) is 4.04. The van der Waals surface area contributed by atoms with E-state index in [0.29, 0.717) is 19.1 Å². The minimum atomic E-state index is 0.0147. The van der Waals surface area contributed by atoms with Crippen LogP contribution in [0.4, 0.5) is 0 Å². The molecule has 0 saturated heterocycles. The smallest absolute Gasteiger partial charge is 0.216 e. The molecule has 2 aliphatic carbocycles. The van der Waals surface area contributed by atoms with E-state index in [1.807, 2.05) is 12.1 Å². The molecule has 1 amide bonds. The van der Waals surface area contributed by atoms with E-state index >= 15 is 0 Å². The number of fused-ring (bicyclic) bond motifs is 2. The number of amides is 1. The van der Waals surface area contributed by atoms with Gasteiger partial charge in [-0.15, -0.1) is 0 Å². The molecular weight excluding hydrogens is 316 g/mol. The summed E-state index contributed by atoms with van der Waals surface area (Å²) in [6, 6.07) is 4.47. The van der Waals surface area contributed by atoms with Gasteiger partial charge in [-0.05, 0) is 49.7 Å². The first-order valence-corrected chi connectivity index (χ1v) is 9.52. The fourth-order valence-electron chi connectivity index (χ4n) is 4.04. The Morgan fingerprint density at radius 3 is 2.88 bits per heavy atom. The van der Waals surface area contributed by atoms with Crippen LogP contribution in [0.1, 0.15) is 44.8 Å². The van der Waals surface area contributed by atoms with Gasteiger partial charge >= 0.3 is 0 Å². The van der Waals surface area contributed by atoms with Crippen LogP contribution >= 0.6 is 0 Å². The van der Waals surface area contributed by atoms with E-state index in [4.69, 9.17) is 9.41 Å². The highest BCUT2D eigenvalue weighted by atomic mass is 16.3. The number of hydrogen-bond donors (Lipinski definition) is 3. The van der Waals surface area contributed by atoms with Crippen molar-refractivity contribution in [2.75, 3.05) is 19.6 Å². The quantitative estimate of drug-likeness (QED) is 0.382. The molecule has 2 fully saturated rings. The molecule has 1 aromatic heterocycles. The van der Waals surface area contributed by atoms with Crippen molar-refractivity contribution in [3.05, 3.63) is 24.2 Å². The summed E-state index contributed by atoms with van der Waals surface area (Å²) in [6.45, 7) is 3.72. The Kier molecular flexibility index (Phi) is 6.36.